The van der Waals surface area contributed by atoms with Crippen LogP contribution in [0.3, 0.4) is 0 Å². The summed E-state index contributed by atoms with van der Waals surface area (Å²) in [5.74, 6) is -3.48. The normalized spacial score (nSPS) is 26.6. The molecule has 2 amide bonds. The summed E-state index contributed by atoms with van der Waals surface area (Å²) in [5.41, 5.74) is 5.28. The van der Waals surface area contributed by atoms with Crippen LogP contribution in [0, 0.1) is 52.8 Å². The molecule has 4 fully saturated rings. The molecule has 0 aromatic rings. The predicted molar refractivity (Wildman–Crippen MR) is 182 cm³/mol. The van der Waals surface area contributed by atoms with Gasteiger partial charge in [0.15, 0.2) is 15.6 Å². The summed E-state index contributed by atoms with van der Waals surface area (Å²) in [6.07, 6.45) is 8.28. The topological polar surface area (TPSA) is 149 Å². The molecular formula is C37H60N2O7S. The summed E-state index contributed by atoms with van der Waals surface area (Å²) in [7, 11) is -3.44. The average molecular weight is 677 g/mol. The zero-order valence-electron chi connectivity index (χ0n) is 29.9. The first kappa shape index (κ1) is 37.7. The number of hydrogen-bond acceptors (Lipinski definition) is 7. The molecule has 1 aliphatic heterocycles. The van der Waals surface area contributed by atoms with Crippen molar-refractivity contribution in [2.75, 3.05) is 12.3 Å². The summed E-state index contributed by atoms with van der Waals surface area (Å²) in [5, 5.41) is 0. The number of nitrogens with two attached hydrogens (primary N) is 1. The number of fused-ring (bicyclic) bond motifs is 1. The lowest BCUT2D eigenvalue weighted by molar-refractivity contribution is -0.147. The molecular weight excluding hydrogens is 616 g/mol. The minimum atomic E-state index is -3.44. The van der Waals surface area contributed by atoms with Crippen LogP contribution in [0.5, 0.6) is 0 Å². The third-order valence-electron chi connectivity index (χ3n) is 12.5. The average Bonchev–Trinajstić information content (AvgIpc) is 3.26. The van der Waals surface area contributed by atoms with Crippen LogP contribution in [0.15, 0.2) is 0 Å². The molecule has 1 heterocycles. The van der Waals surface area contributed by atoms with Gasteiger partial charge in [-0.3, -0.25) is 24.0 Å². The molecule has 0 spiro atoms. The molecule has 2 N–H and O–H groups in total. The van der Waals surface area contributed by atoms with Crippen LogP contribution in [0.2, 0.25) is 0 Å². The number of carbonyl (C=O) groups is 5. The molecule has 3 saturated carbocycles. The van der Waals surface area contributed by atoms with Crippen molar-refractivity contribution < 1.29 is 32.4 Å². The third-order valence-corrected chi connectivity index (χ3v) is 15.2. The van der Waals surface area contributed by atoms with Gasteiger partial charge in [-0.2, -0.15) is 0 Å². The number of piperidine rings is 1. The number of ketones is 3. The lowest BCUT2D eigenvalue weighted by Gasteiger charge is -2.37. The van der Waals surface area contributed by atoms with Crippen molar-refractivity contribution in [2.24, 2.45) is 58.5 Å². The van der Waals surface area contributed by atoms with Crippen molar-refractivity contribution in [3.05, 3.63) is 0 Å². The van der Waals surface area contributed by atoms with E-state index in [4.69, 9.17) is 5.73 Å². The number of amides is 2. The highest BCUT2D eigenvalue weighted by Crippen LogP contribution is 2.65. The van der Waals surface area contributed by atoms with E-state index in [0.29, 0.717) is 18.9 Å². The monoisotopic (exact) mass is 676 g/mol. The fourth-order valence-electron chi connectivity index (χ4n) is 8.71. The van der Waals surface area contributed by atoms with E-state index in [9.17, 15) is 32.4 Å². The van der Waals surface area contributed by atoms with Gasteiger partial charge in [0, 0.05) is 37.6 Å². The second kappa shape index (κ2) is 14.4. The van der Waals surface area contributed by atoms with E-state index in [1.807, 2.05) is 13.8 Å². The van der Waals surface area contributed by atoms with Gasteiger partial charge in [0.05, 0.1) is 16.5 Å². The number of rotatable bonds is 16. The lowest BCUT2D eigenvalue weighted by Crippen LogP contribution is -2.50. The van der Waals surface area contributed by atoms with E-state index in [-0.39, 0.29) is 77.5 Å². The Hall–Kier alpha value is -2.10. The highest BCUT2D eigenvalue weighted by atomic mass is 32.2. The van der Waals surface area contributed by atoms with Gasteiger partial charge in [-0.15, -0.1) is 0 Å². The van der Waals surface area contributed by atoms with E-state index >= 15 is 0 Å². The van der Waals surface area contributed by atoms with Crippen molar-refractivity contribution in [2.45, 2.75) is 136 Å². The molecule has 0 bridgehead atoms. The molecule has 3 aliphatic carbocycles. The summed E-state index contributed by atoms with van der Waals surface area (Å²) >= 11 is 0. The molecule has 1 saturated heterocycles. The zero-order chi connectivity index (χ0) is 35.1. The quantitative estimate of drug-likeness (QED) is 0.218. The highest BCUT2D eigenvalue weighted by molar-refractivity contribution is 7.92. The van der Waals surface area contributed by atoms with Crippen molar-refractivity contribution in [3.8, 4) is 0 Å². The summed E-state index contributed by atoms with van der Waals surface area (Å²) in [6, 6.07) is -0.686. The Labute approximate surface area is 282 Å². The van der Waals surface area contributed by atoms with E-state index in [1.54, 1.807) is 25.7 Å². The highest BCUT2D eigenvalue weighted by Gasteiger charge is 2.69. The van der Waals surface area contributed by atoms with Gasteiger partial charge in [0.2, 0.25) is 11.7 Å². The van der Waals surface area contributed by atoms with Gasteiger partial charge in [0.1, 0.15) is 5.78 Å². The van der Waals surface area contributed by atoms with Gasteiger partial charge >= 0.3 is 0 Å². The van der Waals surface area contributed by atoms with Gasteiger partial charge in [-0.25, -0.2) is 8.42 Å². The smallest absolute Gasteiger partial charge is 0.285 e. The molecule has 4 aliphatic rings. The Bertz CT molecular complexity index is 1320. The Morgan fingerprint density at radius 2 is 1.51 bits per heavy atom. The first-order valence-corrected chi connectivity index (χ1v) is 19.8. The van der Waals surface area contributed by atoms with Crippen molar-refractivity contribution in [1.82, 2.24) is 4.90 Å². The van der Waals surface area contributed by atoms with E-state index < -0.39 is 44.2 Å². The fourth-order valence-corrected chi connectivity index (χ4v) is 10.3. The van der Waals surface area contributed by atoms with Gasteiger partial charge < -0.3 is 10.6 Å². The first-order valence-electron chi connectivity index (χ1n) is 18.2. The Morgan fingerprint density at radius 3 is 2.02 bits per heavy atom. The van der Waals surface area contributed by atoms with Crippen molar-refractivity contribution in [3.63, 3.8) is 0 Å². The maximum absolute atomic E-state index is 14.6. The summed E-state index contributed by atoms with van der Waals surface area (Å²) in [6.45, 7) is 13.6. The number of nitrogens with zero attached hydrogens (tertiary/aromatic N) is 1. The van der Waals surface area contributed by atoms with Crippen LogP contribution in [-0.2, 0) is 33.8 Å². The largest absolute Gasteiger partial charge is 0.363 e. The Kier molecular flexibility index (Phi) is 11.6. The van der Waals surface area contributed by atoms with Crippen LogP contribution >= 0.6 is 0 Å². The predicted octanol–water partition coefficient (Wildman–Crippen LogP) is 5.32. The molecule has 47 heavy (non-hydrogen) atoms. The van der Waals surface area contributed by atoms with Crippen LogP contribution < -0.4 is 5.73 Å². The summed E-state index contributed by atoms with van der Waals surface area (Å²) < 4.78 is 25.2. The van der Waals surface area contributed by atoms with Crippen LogP contribution in [0.1, 0.15) is 126 Å². The second-order valence-electron chi connectivity index (χ2n) is 17.4. The minimum Gasteiger partial charge on any atom is -0.363 e. The molecule has 4 rings (SSSR count). The number of primary amides is 1. The number of hydrogen-bond donors (Lipinski definition) is 1. The van der Waals surface area contributed by atoms with E-state index in [0.717, 1.165) is 51.4 Å². The number of Topliss-reactive ketones (excluding diaryl/α,β-unsaturated/α-hetero) is 3. The molecule has 6 atom stereocenters. The number of likely N-dealkylation sites (tertiary alicyclic amines) is 1. The molecule has 0 aromatic heterocycles. The Morgan fingerprint density at radius 1 is 0.894 bits per heavy atom. The number of sulfone groups is 1. The molecule has 2 unspecified atom stereocenters. The SMILES string of the molecule is CC(C)[C@H](CC(=O)C[C@H](C(=O)N1CC2[C@@H]([C@H]1C(=O)CC(CC1CCC1)C(=O)C(N)=O)C2(C)C)C1CCCCC1)CS(=O)(=O)C(C)(C)C. The van der Waals surface area contributed by atoms with Crippen molar-refractivity contribution >= 4 is 39.0 Å². The third kappa shape index (κ3) is 8.38. The zero-order valence-corrected chi connectivity index (χ0v) is 30.7. The minimum absolute atomic E-state index is 0.0224. The van der Waals surface area contributed by atoms with Crippen LogP contribution in [-0.4, -0.2) is 65.6 Å². The molecule has 266 valence electrons. The molecule has 0 aromatic carbocycles. The summed E-state index contributed by atoms with van der Waals surface area (Å²) in [4.78, 5) is 69.0. The molecule has 9 nitrogen and oxygen atoms in total. The van der Waals surface area contributed by atoms with Crippen LogP contribution in [0.4, 0.5) is 0 Å². The Balaban J connectivity index is 1.55. The van der Waals surface area contributed by atoms with Gasteiger partial charge in [0.25, 0.3) is 5.91 Å². The molecule has 0 radical (unpaired) electrons. The van der Waals surface area contributed by atoms with Gasteiger partial charge in [-0.05, 0) is 81.0 Å². The van der Waals surface area contributed by atoms with Crippen molar-refractivity contribution in [1.29, 1.82) is 0 Å². The number of carbonyl (C=O) groups excluding carboxylic acids is 5. The van der Waals surface area contributed by atoms with E-state index in [2.05, 4.69) is 13.8 Å². The lowest BCUT2D eigenvalue weighted by atomic mass is 9.75. The molecule has 10 heteroatoms. The van der Waals surface area contributed by atoms with Crippen LogP contribution in [0.25, 0.3) is 0 Å². The maximum atomic E-state index is 14.6. The standard InChI is InChI=1S/C37H60N2O7S/c1-22(2)26(21-47(45,46)36(3,4)5)17-27(40)19-28(24-14-9-8-10-15-24)35(44)39-20-29-31(37(29,6)7)32(39)30(41)18-25(33(42)34(38)43)16-23-12-11-13-23/h22-26,28-29,31-32H,8-21H2,1-7H3,(H2,38,43)/t25?,26-,28+,29?,31+,32-/m1/s1. The fraction of sp³-hybridized carbons (Fsp3) is 0.865. The second-order valence-corrected chi connectivity index (χ2v) is 20.2. The van der Waals surface area contributed by atoms with Gasteiger partial charge in [-0.1, -0.05) is 66.2 Å². The maximum Gasteiger partial charge on any atom is 0.285 e. The first-order chi connectivity index (χ1) is 21.8. The van der Waals surface area contributed by atoms with E-state index in [1.165, 1.54) is 0 Å².